The van der Waals surface area contributed by atoms with E-state index in [1.54, 1.807) is 0 Å². The van der Waals surface area contributed by atoms with Crippen LogP contribution in [0, 0.1) is 5.92 Å². The lowest BCUT2D eigenvalue weighted by atomic mass is 10.1. The first kappa shape index (κ1) is 13.4. The molecular weight excluding hydrogens is 222 g/mol. The molecule has 1 aromatic carbocycles. The van der Waals surface area contributed by atoms with Crippen LogP contribution in [0.2, 0.25) is 0 Å². The van der Waals surface area contributed by atoms with Gasteiger partial charge in [-0.25, -0.2) is 0 Å². The maximum absolute atomic E-state index is 5.69. The van der Waals surface area contributed by atoms with Crippen molar-refractivity contribution in [3.8, 4) is 0 Å². The van der Waals surface area contributed by atoms with Gasteiger partial charge in [0.05, 0.1) is 0 Å². The van der Waals surface area contributed by atoms with E-state index < -0.39 is 0 Å². The average Bonchev–Trinajstić information content (AvgIpc) is 2.74. The summed E-state index contributed by atoms with van der Waals surface area (Å²) < 4.78 is 0. The van der Waals surface area contributed by atoms with E-state index in [1.165, 1.54) is 31.6 Å². The van der Waals surface area contributed by atoms with Crippen LogP contribution < -0.4 is 5.73 Å². The monoisotopic (exact) mass is 247 g/mol. The Balaban J connectivity index is 1.71. The molecule has 1 unspecified atom stereocenters. The minimum Gasteiger partial charge on any atom is -0.399 e. The van der Waals surface area contributed by atoms with Crippen molar-refractivity contribution in [2.24, 2.45) is 5.92 Å². The van der Waals surface area contributed by atoms with Gasteiger partial charge in [-0.3, -0.25) is 0 Å². The highest BCUT2D eigenvalue weighted by atomic mass is 15.1. The zero-order valence-corrected chi connectivity index (χ0v) is 11.6. The van der Waals surface area contributed by atoms with Crippen molar-refractivity contribution < 1.29 is 0 Å². The first-order valence-electron chi connectivity index (χ1n) is 6.85. The first-order chi connectivity index (χ1) is 8.63. The van der Waals surface area contributed by atoms with Gasteiger partial charge in [0, 0.05) is 25.3 Å². The molecule has 0 aliphatic carbocycles. The summed E-state index contributed by atoms with van der Waals surface area (Å²) in [5.41, 5.74) is 7.91. The summed E-state index contributed by atoms with van der Waals surface area (Å²) in [6.07, 6.45) is 2.46. The maximum Gasteiger partial charge on any atom is 0.0314 e. The number of benzene rings is 1. The molecule has 1 aliphatic heterocycles. The first-order valence-corrected chi connectivity index (χ1v) is 6.85. The summed E-state index contributed by atoms with van der Waals surface area (Å²) in [6.45, 7) is 4.87. The van der Waals surface area contributed by atoms with E-state index in [9.17, 15) is 0 Å². The summed E-state index contributed by atoms with van der Waals surface area (Å²) in [7, 11) is 4.45. The topological polar surface area (TPSA) is 32.5 Å². The summed E-state index contributed by atoms with van der Waals surface area (Å²) in [5, 5.41) is 0. The van der Waals surface area contributed by atoms with Gasteiger partial charge >= 0.3 is 0 Å². The molecule has 0 amide bonds. The van der Waals surface area contributed by atoms with Crippen LogP contribution in [-0.2, 0) is 6.42 Å². The van der Waals surface area contributed by atoms with Crippen LogP contribution in [0.4, 0.5) is 5.69 Å². The Morgan fingerprint density at radius 1 is 1.33 bits per heavy atom. The summed E-state index contributed by atoms with van der Waals surface area (Å²) in [4.78, 5) is 4.89. The fraction of sp³-hybridized carbons (Fsp3) is 0.600. The second-order valence-corrected chi connectivity index (χ2v) is 5.67. The summed E-state index contributed by atoms with van der Waals surface area (Å²) >= 11 is 0. The molecule has 0 saturated carbocycles. The third kappa shape index (κ3) is 4.00. The van der Waals surface area contributed by atoms with Gasteiger partial charge < -0.3 is 15.5 Å². The summed E-state index contributed by atoms with van der Waals surface area (Å²) in [6, 6.07) is 8.24. The van der Waals surface area contributed by atoms with Gasteiger partial charge in [0.15, 0.2) is 0 Å². The lowest BCUT2D eigenvalue weighted by Crippen LogP contribution is -2.29. The lowest BCUT2D eigenvalue weighted by molar-refractivity contribution is 0.276. The van der Waals surface area contributed by atoms with E-state index in [0.29, 0.717) is 0 Å². The van der Waals surface area contributed by atoms with Crippen LogP contribution in [0.25, 0.3) is 0 Å². The Hall–Kier alpha value is -1.06. The number of likely N-dealkylation sites (N-methyl/N-ethyl adjacent to an activating group) is 1. The Bertz CT molecular complexity index is 361. The van der Waals surface area contributed by atoms with E-state index >= 15 is 0 Å². The van der Waals surface area contributed by atoms with Crippen LogP contribution in [0.1, 0.15) is 12.0 Å². The lowest BCUT2D eigenvalue weighted by Gasteiger charge is -2.20. The van der Waals surface area contributed by atoms with E-state index in [4.69, 9.17) is 5.73 Å². The molecule has 3 heteroatoms. The Kier molecular flexibility index (Phi) is 4.61. The van der Waals surface area contributed by atoms with Crippen LogP contribution in [0.3, 0.4) is 0 Å². The smallest absolute Gasteiger partial charge is 0.0314 e. The maximum atomic E-state index is 5.69. The number of rotatable bonds is 5. The minimum atomic E-state index is 0.848. The molecule has 100 valence electrons. The molecule has 1 heterocycles. The van der Waals surface area contributed by atoms with E-state index in [1.807, 2.05) is 12.1 Å². The minimum absolute atomic E-state index is 0.848. The SMILES string of the molecule is CN(CCc1ccc(N)cc1)CC1CCN(C)C1. The number of nitrogens with zero attached hydrogens (tertiary/aromatic N) is 2. The highest BCUT2D eigenvalue weighted by Gasteiger charge is 2.20. The molecule has 1 fully saturated rings. The van der Waals surface area contributed by atoms with Gasteiger partial charge in [-0.15, -0.1) is 0 Å². The van der Waals surface area contributed by atoms with E-state index in [2.05, 4.69) is 36.0 Å². The largest absolute Gasteiger partial charge is 0.399 e. The molecule has 1 aromatic rings. The number of hydrogen-bond donors (Lipinski definition) is 1. The predicted octanol–water partition coefficient (Wildman–Crippen LogP) is 1.69. The number of nitrogen functional groups attached to an aromatic ring is 1. The third-order valence-electron chi connectivity index (χ3n) is 3.82. The van der Waals surface area contributed by atoms with Crippen molar-refractivity contribution in [1.82, 2.24) is 9.80 Å². The van der Waals surface area contributed by atoms with Crippen molar-refractivity contribution in [2.75, 3.05) is 46.0 Å². The predicted molar refractivity (Wildman–Crippen MR) is 77.7 cm³/mol. The molecule has 2 rings (SSSR count). The van der Waals surface area contributed by atoms with Crippen molar-refractivity contribution in [3.63, 3.8) is 0 Å². The highest BCUT2D eigenvalue weighted by Crippen LogP contribution is 2.15. The number of nitrogens with two attached hydrogens (primary N) is 1. The number of likely N-dealkylation sites (tertiary alicyclic amines) is 1. The van der Waals surface area contributed by atoms with Crippen LogP contribution in [0.15, 0.2) is 24.3 Å². The molecule has 1 aliphatic rings. The third-order valence-corrected chi connectivity index (χ3v) is 3.82. The van der Waals surface area contributed by atoms with Gasteiger partial charge in [-0.2, -0.15) is 0 Å². The molecule has 0 bridgehead atoms. The highest BCUT2D eigenvalue weighted by molar-refractivity contribution is 5.39. The Morgan fingerprint density at radius 2 is 2.06 bits per heavy atom. The molecule has 0 radical (unpaired) electrons. The quantitative estimate of drug-likeness (QED) is 0.804. The number of anilines is 1. The molecule has 0 spiro atoms. The van der Waals surface area contributed by atoms with Crippen molar-refractivity contribution in [2.45, 2.75) is 12.8 Å². The number of hydrogen-bond acceptors (Lipinski definition) is 3. The molecule has 1 saturated heterocycles. The fourth-order valence-electron chi connectivity index (χ4n) is 2.71. The Labute approximate surface area is 111 Å². The average molecular weight is 247 g/mol. The van der Waals surface area contributed by atoms with E-state index in [0.717, 1.165) is 24.6 Å². The Morgan fingerprint density at radius 3 is 2.67 bits per heavy atom. The van der Waals surface area contributed by atoms with Crippen molar-refractivity contribution in [3.05, 3.63) is 29.8 Å². The van der Waals surface area contributed by atoms with Gasteiger partial charge in [0.25, 0.3) is 0 Å². The summed E-state index contributed by atoms with van der Waals surface area (Å²) in [5.74, 6) is 0.853. The molecule has 3 nitrogen and oxygen atoms in total. The molecular formula is C15H25N3. The normalized spacial score (nSPS) is 20.7. The molecule has 18 heavy (non-hydrogen) atoms. The molecule has 0 aromatic heterocycles. The zero-order chi connectivity index (χ0) is 13.0. The van der Waals surface area contributed by atoms with Crippen LogP contribution in [0.5, 0.6) is 0 Å². The molecule has 1 atom stereocenters. The zero-order valence-electron chi connectivity index (χ0n) is 11.6. The van der Waals surface area contributed by atoms with E-state index in [-0.39, 0.29) is 0 Å². The van der Waals surface area contributed by atoms with Crippen molar-refractivity contribution >= 4 is 5.69 Å². The van der Waals surface area contributed by atoms with Gasteiger partial charge in [0.2, 0.25) is 0 Å². The van der Waals surface area contributed by atoms with Gasteiger partial charge in [-0.1, -0.05) is 12.1 Å². The van der Waals surface area contributed by atoms with Gasteiger partial charge in [0.1, 0.15) is 0 Å². The second kappa shape index (κ2) is 6.21. The van der Waals surface area contributed by atoms with Crippen LogP contribution in [-0.4, -0.2) is 50.1 Å². The van der Waals surface area contributed by atoms with Crippen molar-refractivity contribution in [1.29, 1.82) is 0 Å². The van der Waals surface area contributed by atoms with Gasteiger partial charge in [-0.05, 0) is 57.1 Å². The standard InChI is InChI=1S/C15H25N3/c1-17(11-14-8-10-18(2)12-14)9-7-13-3-5-15(16)6-4-13/h3-6,14H,7-12,16H2,1-2H3. The molecule has 2 N–H and O–H groups in total. The fourth-order valence-corrected chi connectivity index (χ4v) is 2.71. The second-order valence-electron chi connectivity index (χ2n) is 5.67. The van der Waals surface area contributed by atoms with Crippen LogP contribution >= 0.6 is 0 Å².